The Morgan fingerprint density at radius 1 is 0.788 bits per heavy atom. The van der Waals surface area contributed by atoms with Crippen molar-refractivity contribution >= 4 is 23.1 Å². The molecular formula is C28H30N4S. The third-order valence-electron chi connectivity index (χ3n) is 5.90. The number of benzene rings is 3. The summed E-state index contributed by atoms with van der Waals surface area (Å²) >= 11 is 5.88. The van der Waals surface area contributed by atoms with Crippen LogP contribution in [0.25, 0.3) is 0 Å². The van der Waals surface area contributed by atoms with Gasteiger partial charge in [0.15, 0.2) is 10.9 Å². The Balaban J connectivity index is 1.53. The zero-order chi connectivity index (χ0) is 23.2. The minimum atomic E-state index is 0.672. The van der Waals surface area contributed by atoms with Crippen molar-refractivity contribution in [1.82, 2.24) is 14.7 Å². The molecule has 0 saturated carbocycles. The molecule has 0 aliphatic rings. The lowest BCUT2D eigenvalue weighted by Crippen LogP contribution is -2.34. The van der Waals surface area contributed by atoms with E-state index < -0.39 is 0 Å². The van der Waals surface area contributed by atoms with Crippen LogP contribution < -0.4 is 5.32 Å². The van der Waals surface area contributed by atoms with Gasteiger partial charge < -0.3 is 10.2 Å². The van der Waals surface area contributed by atoms with Gasteiger partial charge in [-0.2, -0.15) is 5.10 Å². The summed E-state index contributed by atoms with van der Waals surface area (Å²) in [6.45, 7) is 8.49. The maximum Gasteiger partial charge on any atom is 0.175 e. The molecule has 0 fully saturated rings. The van der Waals surface area contributed by atoms with Gasteiger partial charge in [0.2, 0.25) is 0 Å². The van der Waals surface area contributed by atoms with Gasteiger partial charge in [0, 0.05) is 24.3 Å². The fraction of sp³-hybridized carbons (Fsp3) is 0.214. The first-order chi connectivity index (χ1) is 16.0. The first kappa shape index (κ1) is 22.7. The van der Waals surface area contributed by atoms with Crippen molar-refractivity contribution in [3.63, 3.8) is 0 Å². The SMILES string of the molecule is Cc1ccc(Cn2nc(NC(=S)N(Cc3ccccc3)Cc3ccccc3)c(C)c2C)cc1. The molecule has 1 N–H and O–H groups in total. The molecule has 0 radical (unpaired) electrons. The lowest BCUT2D eigenvalue weighted by Gasteiger charge is -2.26. The topological polar surface area (TPSA) is 33.1 Å². The second kappa shape index (κ2) is 10.5. The van der Waals surface area contributed by atoms with E-state index in [1.807, 2.05) is 16.8 Å². The normalized spacial score (nSPS) is 10.8. The number of nitrogens with zero attached hydrogens (tertiary/aromatic N) is 3. The third-order valence-corrected chi connectivity index (χ3v) is 6.26. The summed E-state index contributed by atoms with van der Waals surface area (Å²) in [5.74, 6) is 0.815. The van der Waals surface area contributed by atoms with Gasteiger partial charge in [-0.15, -0.1) is 0 Å². The molecule has 1 aromatic heterocycles. The minimum absolute atomic E-state index is 0.672. The molecule has 0 atom stereocenters. The molecule has 168 valence electrons. The summed E-state index contributed by atoms with van der Waals surface area (Å²) in [5.41, 5.74) is 7.18. The molecule has 0 aliphatic heterocycles. The monoisotopic (exact) mass is 454 g/mol. The van der Waals surface area contributed by atoms with Crippen LogP contribution in [0.3, 0.4) is 0 Å². The van der Waals surface area contributed by atoms with Crippen LogP contribution in [0.1, 0.15) is 33.5 Å². The van der Waals surface area contributed by atoms with E-state index in [0.29, 0.717) is 5.11 Å². The zero-order valence-electron chi connectivity index (χ0n) is 19.5. The largest absolute Gasteiger partial charge is 0.340 e. The predicted molar refractivity (Wildman–Crippen MR) is 140 cm³/mol. The number of aryl methyl sites for hydroxylation is 1. The van der Waals surface area contributed by atoms with Crippen LogP contribution >= 0.6 is 12.2 Å². The van der Waals surface area contributed by atoms with Crippen LogP contribution in [0, 0.1) is 20.8 Å². The maximum atomic E-state index is 5.88. The molecular weight excluding hydrogens is 424 g/mol. The number of hydrogen-bond donors (Lipinski definition) is 1. The lowest BCUT2D eigenvalue weighted by atomic mass is 10.1. The molecule has 4 rings (SSSR count). The fourth-order valence-corrected chi connectivity index (χ4v) is 3.99. The van der Waals surface area contributed by atoms with Gasteiger partial charge in [-0.25, -0.2) is 0 Å². The number of anilines is 1. The lowest BCUT2D eigenvalue weighted by molar-refractivity contribution is 0.412. The second-order valence-electron chi connectivity index (χ2n) is 8.46. The van der Waals surface area contributed by atoms with Crippen molar-refractivity contribution in [2.24, 2.45) is 0 Å². The van der Waals surface area contributed by atoms with Crippen molar-refractivity contribution in [3.05, 3.63) is 118 Å². The van der Waals surface area contributed by atoms with E-state index >= 15 is 0 Å². The van der Waals surface area contributed by atoms with Crippen molar-refractivity contribution in [3.8, 4) is 0 Å². The molecule has 0 amide bonds. The van der Waals surface area contributed by atoms with E-state index in [4.69, 9.17) is 17.3 Å². The quantitative estimate of drug-likeness (QED) is 0.334. The number of nitrogens with one attached hydrogen (secondary N) is 1. The Morgan fingerprint density at radius 3 is 1.88 bits per heavy atom. The van der Waals surface area contributed by atoms with Crippen LogP contribution in [0.2, 0.25) is 0 Å². The van der Waals surface area contributed by atoms with Crippen molar-refractivity contribution in [2.75, 3.05) is 5.32 Å². The van der Waals surface area contributed by atoms with E-state index in [1.54, 1.807) is 0 Å². The molecule has 4 aromatic rings. The van der Waals surface area contributed by atoms with Gasteiger partial charge in [-0.05, 0) is 49.7 Å². The Morgan fingerprint density at radius 2 is 1.33 bits per heavy atom. The Hall–Kier alpha value is -3.44. The van der Waals surface area contributed by atoms with E-state index in [2.05, 4.69) is 104 Å². The average Bonchev–Trinajstić information content (AvgIpc) is 3.09. The van der Waals surface area contributed by atoms with Gasteiger partial charge >= 0.3 is 0 Å². The smallest absolute Gasteiger partial charge is 0.175 e. The molecule has 33 heavy (non-hydrogen) atoms. The van der Waals surface area contributed by atoms with E-state index in [0.717, 1.165) is 36.7 Å². The summed E-state index contributed by atoms with van der Waals surface area (Å²) in [5, 5.41) is 8.96. The summed E-state index contributed by atoms with van der Waals surface area (Å²) in [4.78, 5) is 2.19. The highest BCUT2D eigenvalue weighted by Gasteiger charge is 2.16. The molecule has 3 aromatic carbocycles. The highest BCUT2D eigenvalue weighted by Crippen LogP contribution is 2.20. The van der Waals surface area contributed by atoms with Crippen LogP contribution in [-0.4, -0.2) is 19.8 Å². The van der Waals surface area contributed by atoms with E-state index in [9.17, 15) is 0 Å². The standard InChI is InChI=1S/C28H30N4S/c1-21-14-16-26(17-15-21)20-32-23(3)22(2)27(30-32)29-28(33)31(18-24-10-6-4-7-11-24)19-25-12-8-5-9-13-25/h4-17H,18-20H2,1-3H3,(H,29,30,33). The Kier molecular flexibility index (Phi) is 7.20. The fourth-order valence-electron chi connectivity index (χ4n) is 3.76. The van der Waals surface area contributed by atoms with Gasteiger partial charge in [-0.1, -0.05) is 90.5 Å². The van der Waals surface area contributed by atoms with E-state index in [1.165, 1.54) is 22.3 Å². The first-order valence-corrected chi connectivity index (χ1v) is 11.6. The second-order valence-corrected chi connectivity index (χ2v) is 8.85. The van der Waals surface area contributed by atoms with Crippen molar-refractivity contribution in [1.29, 1.82) is 0 Å². The number of hydrogen-bond acceptors (Lipinski definition) is 2. The van der Waals surface area contributed by atoms with Gasteiger partial charge in [0.05, 0.1) is 6.54 Å². The highest BCUT2D eigenvalue weighted by molar-refractivity contribution is 7.80. The van der Waals surface area contributed by atoms with Crippen molar-refractivity contribution < 1.29 is 0 Å². The molecule has 0 spiro atoms. The van der Waals surface area contributed by atoms with Crippen LogP contribution in [-0.2, 0) is 19.6 Å². The third kappa shape index (κ3) is 5.88. The highest BCUT2D eigenvalue weighted by atomic mass is 32.1. The number of aromatic nitrogens is 2. The van der Waals surface area contributed by atoms with Gasteiger partial charge in [0.25, 0.3) is 0 Å². The van der Waals surface area contributed by atoms with Crippen LogP contribution in [0.4, 0.5) is 5.82 Å². The predicted octanol–water partition coefficient (Wildman–Crippen LogP) is 6.26. The molecule has 0 bridgehead atoms. The summed E-state index contributed by atoms with van der Waals surface area (Å²) < 4.78 is 2.05. The molecule has 1 heterocycles. The molecule has 0 aliphatic carbocycles. The summed E-state index contributed by atoms with van der Waals surface area (Å²) in [6, 6.07) is 29.4. The van der Waals surface area contributed by atoms with Crippen LogP contribution in [0.5, 0.6) is 0 Å². The molecule has 5 heteroatoms. The maximum absolute atomic E-state index is 5.88. The van der Waals surface area contributed by atoms with Crippen molar-refractivity contribution in [2.45, 2.75) is 40.4 Å². The number of thiocarbonyl (C=S) groups is 1. The summed E-state index contributed by atoms with van der Waals surface area (Å²) in [6.07, 6.45) is 0. The average molecular weight is 455 g/mol. The summed E-state index contributed by atoms with van der Waals surface area (Å²) in [7, 11) is 0. The zero-order valence-corrected chi connectivity index (χ0v) is 20.3. The molecule has 0 unspecified atom stereocenters. The van der Waals surface area contributed by atoms with Crippen LogP contribution in [0.15, 0.2) is 84.9 Å². The van der Waals surface area contributed by atoms with Gasteiger partial charge in [-0.3, -0.25) is 4.68 Å². The Bertz CT molecular complexity index is 1160. The number of rotatable bonds is 7. The molecule has 4 nitrogen and oxygen atoms in total. The molecule has 0 saturated heterocycles. The van der Waals surface area contributed by atoms with Gasteiger partial charge in [0.1, 0.15) is 0 Å². The van der Waals surface area contributed by atoms with E-state index in [-0.39, 0.29) is 0 Å². The first-order valence-electron chi connectivity index (χ1n) is 11.2. The minimum Gasteiger partial charge on any atom is -0.340 e. The Labute approximate surface area is 201 Å².